The lowest BCUT2D eigenvalue weighted by Crippen LogP contribution is -2.54. The number of carbonyl (C=O) groups is 3. The number of rotatable bonds is 3. The average molecular weight is 450 g/mol. The number of hydrogen-bond acceptors (Lipinski definition) is 4. The monoisotopic (exact) mass is 450 g/mol. The van der Waals surface area contributed by atoms with E-state index in [4.69, 9.17) is 4.42 Å². The average Bonchev–Trinajstić information content (AvgIpc) is 2.97. The van der Waals surface area contributed by atoms with Gasteiger partial charge in [-0.1, -0.05) is 26.0 Å². The molecule has 25 heavy (non-hydrogen) atoms. The number of hydrogen-bond donors (Lipinski definition) is 1. The summed E-state index contributed by atoms with van der Waals surface area (Å²) in [5.41, 5.74) is 1.34. The fraction of sp³-hybridized carbons (Fsp3) is 0.167. The minimum atomic E-state index is -0.765. The molecule has 1 aromatic carbocycles. The van der Waals surface area contributed by atoms with Crippen molar-refractivity contribution in [1.29, 1.82) is 0 Å². The summed E-state index contributed by atoms with van der Waals surface area (Å²) >= 11 is 1.98. The second kappa shape index (κ2) is 6.83. The lowest BCUT2D eigenvalue weighted by atomic mass is 10.0. The Morgan fingerprint density at radius 2 is 1.76 bits per heavy atom. The molecule has 2 heterocycles. The van der Waals surface area contributed by atoms with Gasteiger partial charge >= 0.3 is 6.03 Å². The van der Waals surface area contributed by atoms with E-state index in [1.54, 1.807) is 24.3 Å². The number of barbiturate groups is 1. The number of furan rings is 1. The molecular weight excluding hydrogens is 435 g/mol. The molecule has 6 nitrogen and oxygen atoms in total. The Kier molecular flexibility index (Phi) is 4.76. The Morgan fingerprint density at radius 3 is 2.32 bits per heavy atom. The Labute approximate surface area is 158 Å². The van der Waals surface area contributed by atoms with E-state index < -0.39 is 17.8 Å². The number of nitrogens with one attached hydrogen (secondary N) is 1. The van der Waals surface area contributed by atoms with Crippen LogP contribution in [0.3, 0.4) is 0 Å². The first-order valence-electron chi connectivity index (χ1n) is 7.63. The van der Waals surface area contributed by atoms with Crippen molar-refractivity contribution in [1.82, 2.24) is 5.32 Å². The zero-order valence-corrected chi connectivity index (χ0v) is 15.7. The van der Waals surface area contributed by atoms with E-state index >= 15 is 0 Å². The predicted molar refractivity (Wildman–Crippen MR) is 101 cm³/mol. The largest absolute Gasteiger partial charge is 0.451 e. The van der Waals surface area contributed by atoms with E-state index in [9.17, 15) is 14.4 Å². The van der Waals surface area contributed by atoms with Crippen LogP contribution in [0.25, 0.3) is 6.08 Å². The molecule has 7 heteroatoms. The Hall–Kier alpha value is -2.42. The van der Waals surface area contributed by atoms with Gasteiger partial charge < -0.3 is 4.42 Å². The zero-order valence-electron chi connectivity index (χ0n) is 13.6. The van der Waals surface area contributed by atoms with Gasteiger partial charge in [-0.3, -0.25) is 14.9 Å². The number of amides is 4. The van der Waals surface area contributed by atoms with E-state index in [0.29, 0.717) is 21.1 Å². The molecule has 0 saturated carbocycles. The van der Waals surface area contributed by atoms with Crippen LogP contribution in [0.5, 0.6) is 0 Å². The van der Waals surface area contributed by atoms with Gasteiger partial charge in [-0.15, -0.1) is 0 Å². The first-order valence-corrected chi connectivity index (χ1v) is 8.71. The molecule has 0 spiro atoms. The molecule has 0 radical (unpaired) electrons. The van der Waals surface area contributed by atoms with Crippen molar-refractivity contribution in [3.8, 4) is 0 Å². The van der Waals surface area contributed by atoms with Crippen molar-refractivity contribution in [3.05, 3.63) is 57.1 Å². The van der Waals surface area contributed by atoms with Crippen LogP contribution in [0.15, 0.2) is 46.4 Å². The molecule has 4 amide bonds. The highest BCUT2D eigenvalue weighted by Crippen LogP contribution is 2.24. The van der Waals surface area contributed by atoms with Crippen molar-refractivity contribution in [2.75, 3.05) is 4.90 Å². The standard InChI is InChI=1S/C18H15IN2O4/c1-10(2)11-3-5-12(6-4-11)21-17(23)14(16(22)20-18(21)24)9-13-7-8-15(19)25-13/h3-10H,1-2H3,(H,20,22,24). The highest BCUT2D eigenvalue weighted by atomic mass is 127. The van der Waals surface area contributed by atoms with Gasteiger partial charge in [-0.05, 0) is 64.4 Å². The maximum absolute atomic E-state index is 12.7. The molecule has 0 bridgehead atoms. The summed E-state index contributed by atoms with van der Waals surface area (Å²) in [6.07, 6.45) is 1.34. The highest BCUT2D eigenvalue weighted by molar-refractivity contribution is 14.1. The molecule has 3 rings (SSSR count). The van der Waals surface area contributed by atoms with Crippen LogP contribution in [0.4, 0.5) is 10.5 Å². The number of nitrogens with zero attached hydrogens (tertiary/aromatic N) is 1. The van der Waals surface area contributed by atoms with Crippen molar-refractivity contribution >= 4 is 52.2 Å². The van der Waals surface area contributed by atoms with Gasteiger partial charge in [0.15, 0.2) is 3.77 Å². The van der Waals surface area contributed by atoms with Crippen molar-refractivity contribution in [2.45, 2.75) is 19.8 Å². The van der Waals surface area contributed by atoms with Crippen molar-refractivity contribution in [2.24, 2.45) is 0 Å². The highest BCUT2D eigenvalue weighted by Gasteiger charge is 2.37. The Balaban J connectivity index is 1.96. The lowest BCUT2D eigenvalue weighted by Gasteiger charge is -2.26. The normalized spacial score (nSPS) is 16.7. The maximum atomic E-state index is 12.7. The van der Waals surface area contributed by atoms with Crippen molar-refractivity contribution in [3.63, 3.8) is 0 Å². The molecule has 1 aromatic heterocycles. The zero-order chi connectivity index (χ0) is 18.1. The minimum absolute atomic E-state index is 0.154. The SMILES string of the molecule is CC(C)c1ccc(N2C(=O)NC(=O)C(=Cc3ccc(I)o3)C2=O)cc1. The third-order valence-electron chi connectivity index (χ3n) is 3.80. The second-order valence-electron chi connectivity index (χ2n) is 5.85. The molecule has 128 valence electrons. The fourth-order valence-corrected chi connectivity index (χ4v) is 2.88. The summed E-state index contributed by atoms with van der Waals surface area (Å²) in [6.45, 7) is 4.11. The van der Waals surface area contributed by atoms with Gasteiger partial charge in [0.05, 0.1) is 5.69 Å². The topological polar surface area (TPSA) is 79.6 Å². The summed E-state index contributed by atoms with van der Waals surface area (Å²) in [5, 5.41) is 2.19. The predicted octanol–water partition coefficient (Wildman–Crippen LogP) is 3.67. The minimum Gasteiger partial charge on any atom is -0.451 e. The molecule has 0 unspecified atom stereocenters. The number of carbonyl (C=O) groups excluding carboxylic acids is 3. The molecular formula is C18H15IN2O4. The third kappa shape index (κ3) is 3.51. The van der Waals surface area contributed by atoms with Crippen LogP contribution in [0, 0.1) is 3.77 Å². The van der Waals surface area contributed by atoms with Gasteiger partial charge in [0.1, 0.15) is 11.3 Å². The van der Waals surface area contributed by atoms with Crippen LogP contribution in [0.1, 0.15) is 31.1 Å². The molecule has 1 aliphatic rings. The molecule has 0 atom stereocenters. The van der Waals surface area contributed by atoms with Crippen molar-refractivity contribution < 1.29 is 18.8 Å². The number of urea groups is 1. The quantitative estimate of drug-likeness (QED) is 0.440. The summed E-state index contributed by atoms with van der Waals surface area (Å²) in [6, 6.07) is 9.69. The number of benzene rings is 1. The van der Waals surface area contributed by atoms with E-state index in [-0.39, 0.29) is 5.57 Å². The molecule has 1 N–H and O–H groups in total. The number of anilines is 1. The first-order chi connectivity index (χ1) is 11.9. The summed E-state index contributed by atoms with van der Waals surface area (Å²) in [7, 11) is 0. The maximum Gasteiger partial charge on any atom is 0.335 e. The number of halogens is 1. The summed E-state index contributed by atoms with van der Waals surface area (Å²) < 4.78 is 6.00. The molecule has 1 saturated heterocycles. The van der Waals surface area contributed by atoms with Crippen LogP contribution >= 0.6 is 22.6 Å². The van der Waals surface area contributed by atoms with Gasteiger partial charge in [0.2, 0.25) is 0 Å². The van der Waals surface area contributed by atoms with Crippen LogP contribution in [-0.2, 0) is 9.59 Å². The Morgan fingerprint density at radius 1 is 1.08 bits per heavy atom. The fourth-order valence-electron chi connectivity index (χ4n) is 2.45. The van der Waals surface area contributed by atoms with E-state index in [1.165, 1.54) is 6.08 Å². The summed E-state index contributed by atoms with van der Waals surface area (Å²) in [4.78, 5) is 37.9. The van der Waals surface area contributed by atoms with Gasteiger partial charge in [0.25, 0.3) is 11.8 Å². The summed E-state index contributed by atoms with van der Waals surface area (Å²) in [5.74, 6) is -0.723. The van der Waals surface area contributed by atoms with Crippen LogP contribution < -0.4 is 10.2 Å². The third-order valence-corrected chi connectivity index (χ3v) is 4.38. The van der Waals surface area contributed by atoms with E-state index in [2.05, 4.69) is 19.2 Å². The Bertz CT molecular complexity index is 881. The first kappa shape index (κ1) is 17.4. The van der Waals surface area contributed by atoms with E-state index in [0.717, 1.165) is 10.5 Å². The molecule has 1 fully saturated rings. The van der Waals surface area contributed by atoms with Gasteiger partial charge in [-0.25, -0.2) is 9.69 Å². The lowest BCUT2D eigenvalue weighted by molar-refractivity contribution is -0.122. The second-order valence-corrected chi connectivity index (χ2v) is 6.91. The van der Waals surface area contributed by atoms with Crippen LogP contribution in [0.2, 0.25) is 0 Å². The smallest absolute Gasteiger partial charge is 0.335 e. The number of imide groups is 2. The van der Waals surface area contributed by atoms with E-state index in [1.807, 2.05) is 34.7 Å². The van der Waals surface area contributed by atoms with Gasteiger partial charge in [0, 0.05) is 0 Å². The molecule has 2 aromatic rings. The van der Waals surface area contributed by atoms with Crippen LogP contribution in [-0.4, -0.2) is 17.8 Å². The molecule has 1 aliphatic heterocycles. The van der Waals surface area contributed by atoms with Gasteiger partial charge in [-0.2, -0.15) is 0 Å². The molecule has 0 aliphatic carbocycles.